The third kappa shape index (κ3) is 3.59. The number of hydrogen-bond acceptors (Lipinski definition) is 6. The molecule has 2 N–H and O–H groups in total. The average molecular weight is 376 g/mol. The van der Waals surface area contributed by atoms with Crippen LogP contribution < -0.4 is 20.1 Å². The quantitative estimate of drug-likeness (QED) is 0.711. The van der Waals surface area contributed by atoms with Crippen molar-refractivity contribution >= 4 is 17.7 Å². The summed E-state index contributed by atoms with van der Waals surface area (Å²) in [7, 11) is 1.62. The Morgan fingerprint density at radius 1 is 1.04 bits per heavy atom. The SMILES string of the molecule is COc1ccc(CN2C(=O)Cc3c(OCc4ccccc4)nc(N)nc32)cc1. The van der Waals surface area contributed by atoms with Gasteiger partial charge < -0.3 is 15.2 Å². The summed E-state index contributed by atoms with van der Waals surface area (Å²) >= 11 is 0. The molecular weight excluding hydrogens is 356 g/mol. The maximum atomic E-state index is 12.6. The van der Waals surface area contributed by atoms with Crippen molar-refractivity contribution in [3.05, 3.63) is 71.3 Å². The predicted molar refractivity (Wildman–Crippen MR) is 105 cm³/mol. The van der Waals surface area contributed by atoms with Gasteiger partial charge in [-0.05, 0) is 23.3 Å². The zero-order valence-corrected chi connectivity index (χ0v) is 15.5. The molecule has 0 fully saturated rings. The molecule has 0 aliphatic carbocycles. The molecule has 1 aliphatic heterocycles. The molecule has 3 aromatic rings. The van der Waals surface area contributed by atoms with Crippen LogP contribution in [0.15, 0.2) is 54.6 Å². The van der Waals surface area contributed by atoms with E-state index in [9.17, 15) is 4.79 Å². The van der Waals surface area contributed by atoms with Gasteiger partial charge >= 0.3 is 0 Å². The van der Waals surface area contributed by atoms with Gasteiger partial charge in [-0.25, -0.2) is 0 Å². The number of methoxy groups -OCH3 is 1. The number of ether oxygens (including phenoxy) is 2. The number of amides is 1. The highest BCUT2D eigenvalue weighted by Gasteiger charge is 2.33. The normalized spacial score (nSPS) is 12.8. The molecule has 0 bridgehead atoms. The summed E-state index contributed by atoms with van der Waals surface area (Å²) in [5.41, 5.74) is 8.52. The molecule has 0 unspecified atom stereocenters. The van der Waals surface area contributed by atoms with Crippen molar-refractivity contribution in [3.63, 3.8) is 0 Å². The van der Waals surface area contributed by atoms with E-state index in [1.165, 1.54) is 0 Å². The van der Waals surface area contributed by atoms with Crippen LogP contribution in [0.4, 0.5) is 11.8 Å². The highest BCUT2D eigenvalue weighted by molar-refractivity contribution is 6.01. The van der Waals surface area contributed by atoms with Crippen molar-refractivity contribution in [1.82, 2.24) is 9.97 Å². The smallest absolute Gasteiger partial charge is 0.233 e. The van der Waals surface area contributed by atoms with Crippen molar-refractivity contribution in [3.8, 4) is 11.6 Å². The number of fused-ring (bicyclic) bond motifs is 1. The summed E-state index contributed by atoms with van der Waals surface area (Å²) in [6.07, 6.45) is 0.190. The van der Waals surface area contributed by atoms with E-state index in [-0.39, 0.29) is 18.3 Å². The van der Waals surface area contributed by atoms with Gasteiger partial charge in [0.25, 0.3) is 0 Å². The van der Waals surface area contributed by atoms with Gasteiger partial charge in [-0.3, -0.25) is 9.69 Å². The standard InChI is InChI=1S/C21H20N4O3/c1-27-16-9-7-14(8-10-16)12-25-18(26)11-17-19(25)23-21(22)24-20(17)28-13-15-5-3-2-4-6-15/h2-10H,11-13H2,1H3,(H2,22,23,24). The largest absolute Gasteiger partial charge is 0.497 e. The van der Waals surface area contributed by atoms with Gasteiger partial charge in [0.05, 0.1) is 25.6 Å². The molecule has 2 aromatic carbocycles. The fraction of sp³-hybridized carbons (Fsp3) is 0.190. The Kier molecular flexibility index (Phi) is 4.80. The van der Waals surface area contributed by atoms with Crippen LogP contribution >= 0.6 is 0 Å². The number of anilines is 2. The van der Waals surface area contributed by atoms with Gasteiger partial charge in [0, 0.05) is 0 Å². The van der Waals surface area contributed by atoms with E-state index < -0.39 is 0 Å². The molecule has 4 rings (SSSR count). The molecule has 0 radical (unpaired) electrons. The second-order valence-corrected chi connectivity index (χ2v) is 6.47. The van der Waals surface area contributed by atoms with Gasteiger partial charge in [-0.15, -0.1) is 0 Å². The van der Waals surface area contributed by atoms with Crippen LogP contribution in [-0.2, 0) is 24.4 Å². The molecule has 7 heteroatoms. The molecule has 28 heavy (non-hydrogen) atoms. The molecule has 0 spiro atoms. The van der Waals surface area contributed by atoms with Crippen molar-refractivity contribution in [2.45, 2.75) is 19.6 Å². The zero-order chi connectivity index (χ0) is 19.5. The lowest BCUT2D eigenvalue weighted by Gasteiger charge is -2.17. The molecule has 142 valence electrons. The summed E-state index contributed by atoms with van der Waals surface area (Å²) in [4.78, 5) is 22.8. The van der Waals surface area contributed by atoms with E-state index in [2.05, 4.69) is 9.97 Å². The minimum absolute atomic E-state index is 0.0599. The van der Waals surface area contributed by atoms with Gasteiger partial charge in [-0.2, -0.15) is 9.97 Å². The minimum Gasteiger partial charge on any atom is -0.497 e. The topological polar surface area (TPSA) is 90.6 Å². The number of aromatic nitrogens is 2. The van der Waals surface area contributed by atoms with Gasteiger partial charge in [0.2, 0.25) is 17.7 Å². The van der Waals surface area contributed by atoms with Crippen LogP contribution in [0.5, 0.6) is 11.6 Å². The Morgan fingerprint density at radius 2 is 1.79 bits per heavy atom. The van der Waals surface area contributed by atoms with E-state index in [1.54, 1.807) is 12.0 Å². The predicted octanol–water partition coefficient (Wildman–Crippen LogP) is 2.74. The first-order chi connectivity index (χ1) is 13.6. The number of carbonyl (C=O) groups excluding carboxylic acids is 1. The first-order valence-electron chi connectivity index (χ1n) is 8.90. The summed E-state index contributed by atoms with van der Waals surface area (Å²) in [6.45, 7) is 0.737. The van der Waals surface area contributed by atoms with Crippen LogP contribution in [-0.4, -0.2) is 23.0 Å². The monoisotopic (exact) mass is 376 g/mol. The Labute approximate surface area is 162 Å². The van der Waals surface area contributed by atoms with E-state index in [0.717, 1.165) is 16.9 Å². The first kappa shape index (κ1) is 17.8. The van der Waals surface area contributed by atoms with Gasteiger partial charge in [0.15, 0.2) is 0 Å². The zero-order valence-electron chi connectivity index (χ0n) is 15.5. The van der Waals surface area contributed by atoms with Crippen LogP contribution in [0.3, 0.4) is 0 Å². The molecule has 1 aliphatic rings. The highest BCUT2D eigenvalue weighted by atomic mass is 16.5. The van der Waals surface area contributed by atoms with E-state index in [1.807, 2.05) is 54.6 Å². The fourth-order valence-electron chi connectivity index (χ4n) is 3.13. The number of rotatable bonds is 6. The first-order valence-corrected chi connectivity index (χ1v) is 8.90. The molecule has 2 heterocycles. The lowest BCUT2D eigenvalue weighted by molar-refractivity contribution is -0.117. The average Bonchev–Trinajstić information content (AvgIpc) is 3.03. The molecule has 0 atom stereocenters. The number of carbonyl (C=O) groups is 1. The minimum atomic E-state index is -0.0599. The maximum Gasteiger partial charge on any atom is 0.233 e. The van der Waals surface area contributed by atoms with E-state index in [4.69, 9.17) is 15.2 Å². The van der Waals surface area contributed by atoms with Crippen molar-refractivity contribution in [2.75, 3.05) is 17.7 Å². The number of benzene rings is 2. The fourth-order valence-corrected chi connectivity index (χ4v) is 3.13. The van der Waals surface area contributed by atoms with Crippen LogP contribution in [0.1, 0.15) is 16.7 Å². The molecular formula is C21H20N4O3. The van der Waals surface area contributed by atoms with E-state index in [0.29, 0.717) is 30.4 Å². The summed E-state index contributed by atoms with van der Waals surface area (Å²) in [5.74, 6) is 1.65. The van der Waals surface area contributed by atoms with Crippen molar-refractivity contribution in [1.29, 1.82) is 0 Å². The molecule has 7 nitrogen and oxygen atoms in total. The second kappa shape index (κ2) is 7.56. The number of nitrogen functional groups attached to an aromatic ring is 1. The third-order valence-corrected chi connectivity index (χ3v) is 4.57. The molecule has 1 aromatic heterocycles. The second-order valence-electron chi connectivity index (χ2n) is 6.47. The Balaban J connectivity index is 1.58. The highest BCUT2D eigenvalue weighted by Crippen LogP contribution is 2.35. The van der Waals surface area contributed by atoms with Crippen LogP contribution in [0.2, 0.25) is 0 Å². The Bertz CT molecular complexity index is 991. The summed E-state index contributed by atoms with van der Waals surface area (Å²) < 4.78 is 11.0. The molecule has 0 saturated heterocycles. The van der Waals surface area contributed by atoms with Gasteiger partial charge in [0.1, 0.15) is 18.2 Å². The lowest BCUT2D eigenvalue weighted by atomic mass is 10.2. The number of nitrogens with zero attached hydrogens (tertiary/aromatic N) is 3. The lowest BCUT2D eigenvalue weighted by Crippen LogP contribution is -2.26. The van der Waals surface area contributed by atoms with Crippen LogP contribution in [0, 0.1) is 0 Å². The Morgan fingerprint density at radius 3 is 2.50 bits per heavy atom. The molecule has 0 saturated carbocycles. The summed E-state index contributed by atoms with van der Waals surface area (Å²) in [6, 6.07) is 17.3. The number of nitrogens with two attached hydrogens (primary N) is 1. The molecule has 1 amide bonds. The maximum absolute atomic E-state index is 12.6. The van der Waals surface area contributed by atoms with Crippen molar-refractivity contribution in [2.24, 2.45) is 0 Å². The van der Waals surface area contributed by atoms with Crippen LogP contribution in [0.25, 0.3) is 0 Å². The number of hydrogen-bond donors (Lipinski definition) is 1. The Hall–Kier alpha value is -3.61. The summed E-state index contributed by atoms with van der Waals surface area (Å²) in [5, 5.41) is 0. The van der Waals surface area contributed by atoms with Gasteiger partial charge in [-0.1, -0.05) is 42.5 Å². The van der Waals surface area contributed by atoms with E-state index >= 15 is 0 Å². The third-order valence-electron chi connectivity index (χ3n) is 4.57. The van der Waals surface area contributed by atoms with Crippen molar-refractivity contribution < 1.29 is 14.3 Å².